The van der Waals surface area contributed by atoms with E-state index >= 15 is 0 Å². The topological polar surface area (TPSA) is 12.4 Å². The van der Waals surface area contributed by atoms with Crippen LogP contribution in [0.15, 0.2) is 4.99 Å². The average molecular weight is 85.1 g/mol. The Morgan fingerprint density at radius 2 is 2.33 bits per heavy atom. The van der Waals surface area contributed by atoms with Gasteiger partial charge in [-0.1, -0.05) is 13.3 Å². The van der Waals surface area contributed by atoms with Gasteiger partial charge in [-0.25, -0.2) is 0 Å². The number of aliphatic imine (C=N–C) groups is 1. The first-order chi connectivity index (χ1) is 2.91. The van der Waals surface area contributed by atoms with E-state index in [0.717, 1.165) is 6.42 Å². The van der Waals surface area contributed by atoms with E-state index < -0.39 is 0 Å². The van der Waals surface area contributed by atoms with Crippen molar-refractivity contribution in [1.29, 1.82) is 0 Å². The van der Waals surface area contributed by atoms with E-state index in [1.807, 2.05) is 6.21 Å². The molecule has 0 amide bonds. The van der Waals surface area contributed by atoms with Crippen molar-refractivity contribution in [3.05, 3.63) is 0 Å². The number of hydrogen-bond acceptors (Lipinski definition) is 1. The fourth-order valence-corrected chi connectivity index (χ4v) is 0.258. The van der Waals surface area contributed by atoms with Crippen LogP contribution >= 0.6 is 0 Å². The molecule has 0 saturated heterocycles. The van der Waals surface area contributed by atoms with E-state index in [0.29, 0.717) is 0 Å². The molecule has 6 heavy (non-hydrogen) atoms. The molecule has 0 fully saturated rings. The summed E-state index contributed by atoms with van der Waals surface area (Å²) in [5.41, 5.74) is 0. The zero-order chi connectivity index (χ0) is 4.83. The zero-order valence-corrected chi connectivity index (χ0v) is 4.44. The molecule has 0 aromatic carbocycles. The third kappa shape index (κ3) is 3.67. The number of unbranched alkanes of at least 4 members (excludes halogenated alkanes) is 1. The van der Waals surface area contributed by atoms with Crippen LogP contribution in [0.4, 0.5) is 0 Å². The quantitative estimate of drug-likeness (QED) is 0.450. The Bertz CT molecular complexity index is 39.2. The second-order valence-corrected chi connectivity index (χ2v) is 1.23. The van der Waals surface area contributed by atoms with E-state index in [1.165, 1.54) is 6.42 Å². The predicted molar refractivity (Wildman–Crippen MR) is 29.3 cm³/mol. The lowest BCUT2D eigenvalue weighted by molar-refractivity contribution is 1.01. The minimum absolute atomic E-state index is 1.12. The highest BCUT2D eigenvalue weighted by Gasteiger charge is 1.66. The van der Waals surface area contributed by atoms with Gasteiger partial charge in [-0.05, 0) is 12.6 Å². The summed E-state index contributed by atoms with van der Waals surface area (Å²) in [5.74, 6) is 0. The third-order valence-electron chi connectivity index (χ3n) is 0.600. The first kappa shape index (κ1) is 5.67. The maximum atomic E-state index is 3.80. The van der Waals surface area contributed by atoms with Gasteiger partial charge in [-0.3, -0.25) is 0 Å². The number of rotatable bonds is 2. The first-order valence-electron chi connectivity index (χ1n) is 2.32. The standard InChI is InChI=1S/C5H11N/c1-3-4-5-6-2/h5H,3-4H2,1-2H3. The highest BCUT2D eigenvalue weighted by Crippen LogP contribution is 1.77. The summed E-state index contributed by atoms with van der Waals surface area (Å²) in [6, 6.07) is 0. The normalized spacial score (nSPS) is 10.3. The smallest absolute Gasteiger partial charge is 0.0273 e. The van der Waals surface area contributed by atoms with Gasteiger partial charge in [-0.15, -0.1) is 0 Å². The Morgan fingerprint density at radius 3 is 2.50 bits per heavy atom. The highest BCUT2D eigenvalue weighted by atomic mass is 14.6. The molecule has 0 unspecified atom stereocenters. The summed E-state index contributed by atoms with van der Waals surface area (Å²) in [4.78, 5) is 3.80. The van der Waals surface area contributed by atoms with Crippen molar-refractivity contribution in [2.75, 3.05) is 7.05 Å². The van der Waals surface area contributed by atoms with Crippen molar-refractivity contribution in [3.8, 4) is 0 Å². The molecular weight excluding hydrogens is 74.1 g/mol. The second kappa shape index (κ2) is 4.67. The van der Waals surface area contributed by atoms with Crippen LogP contribution < -0.4 is 0 Å². The highest BCUT2D eigenvalue weighted by molar-refractivity contribution is 5.56. The predicted octanol–water partition coefficient (Wildman–Crippen LogP) is 1.49. The van der Waals surface area contributed by atoms with Gasteiger partial charge in [0.05, 0.1) is 0 Å². The molecule has 0 N–H and O–H groups in total. The molecule has 36 valence electrons. The van der Waals surface area contributed by atoms with Crippen molar-refractivity contribution in [2.24, 2.45) is 4.99 Å². The molecule has 0 aliphatic heterocycles. The van der Waals surface area contributed by atoms with Crippen LogP contribution in [0.3, 0.4) is 0 Å². The monoisotopic (exact) mass is 85.1 g/mol. The molecule has 0 aromatic rings. The van der Waals surface area contributed by atoms with Crippen molar-refractivity contribution < 1.29 is 0 Å². The van der Waals surface area contributed by atoms with Gasteiger partial charge in [0.2, 0.25) is 0 Å². The van der Waals surface area contributed by atoms with Crippen molar-refractivity contribution >= 4 is 6.21 Å². The maximum absolute atomic E-state index is 3.80. The minimum atomic E-state index is 1.12. The average Bonchev–Trinajstić information content (AvgIpc) is 1.61. The molecule has 0 heterocycles. The van der Waals surface area contributed by atoms with Crippen LogP contribution in [-0.2, 0) is 0 Å². The lowest BCUT2D eigenvalue weighted by Gasteiger charge is -1.75. The van der Waals surface area contributed by atoms with Gasteiger partial charge in [-0.2, -0.15) is 0 Å². The molecule has 0 spiro atoms. The molecule has 1 heteroatoms. The lowest BCUT2D eigenvalue weighted by atomic mass is 10.4. The fraction of sp³-hybridized carbons (Fsp3) is 0.800. The van der Waals surface area contributed by atoms with Crippen molar-refractivity contribution in [1.82, 2.24) is 0 Å². The summed E-state index contributed by atoms with van der Waals surface area (Å²) < 4.78 is 0. The Labute approximate surface area is 39.1 Å². The Hall–Kier alpha value is -0.330. The summed E-state index contributed by atoms with van der Waals surface area (Å²) in [5, 5.41) is 0. The Kier molecular flexibility index (Phi) is 4.41. The van der Waals surface area contributed by atoms with Gasteiger partial charge in [0.1, 0.15) is 0 Å². The molecule has 0 aromatic heterocycles. The van der Waals surface area contributed by atoms with E-state index in [4.69, 9.17) is 0 Å². The number of nitrogens with zero attached hydrogens (tertiary/aromatic N) is 1. The molecule has 1 nitrogen and oxygen atoms in total. The third-order valence-corrected chi connectivity index (χ3v) is 0.600. The molecule has 0 aliphatic carbocycles. The van der Waals surface area contributed by atoms with Crippen LogP contribution in [0.5, 0.6) is 0 Å². The van der Waals surface area contributed by atoms with Gasteiger partial charge >= 0.3 is 0 Å². The van der Waals surface area contributed by atoms with E-state index in [-0.39, 0.29) is 0 Å². The van der Waals surface area contributed by atoms with Gasteiger partial charge in [0, 0.05) is 7.05 Å². The van der Waals surface area contributed by atoms with Gasteiger partial charge in [0.25, 0.3) is 0 Å². The molecule has 0 rings (SSSR count). The van der Waals surface area contributed by atoms with Crippen molar-refractivity contribution in [2.45, 2.75) is 19.8 Å². The van der Waals surface area contributed by atoms with Crippen molar-refractivity contribution in [3.63, 3.8) is 0 Å². The van der Waals surface area contributed by atoms with E-state index in [9.17, 15) is 0 Å². The summed E-state index contributed by atoms with van der Waals surface area (Å²) in [7, 11) is 1.80. The van der Waals surface area contributed by atoms with Crippen LogP contribution in [0.2, 0.25) is 0 Å². The first-order valence-corrected chi connectivity index (χ1v) is 2.32. The molecule has 0 radical (unpaired) electrons. The van der Waals surface area contributed by atoms with Crippen LogP contribution in [-0.4, -0.2) is 13.3 Å². The van der Waals surface area contributed by atoms with Crippen LogP contribution in [0.1, 0.15) is 19.8 Å². The van der Waals surface area contributed by atoms with Gasteiger partial charge in [0.15, 0.2) is 0 Å². The molecule has 0 bridgehead atoms. The van der Waals surface area contributed by atoms with Gasteiger partial charge < -0.3 is 4.99 Å². The Balaban J connectivity index is 2.66. The Morgan fingerprint density at radius 1 is 1.67 bits per heavy atom. The molecule has 0 saturated carbocycles. The number of hydrogen-bond donors (Lipinski definition) is 0. The molecule has 0 atom stereocenters. The second-order valence-electron chi connectivity index (χ2n) is 1.23. The van der Waals surface area contributed by atoms with E-state index in [1.54, 1.807) is 7.05 Å². The minimum Gasteiger partial charge on any atom is -0.301 e. The van der Waals surface area contributed by atoms with Crippen LogP contribution in [0.25, 0.3) is 0 Å². The SMILES string of the molecule is CCCC=NC. The van der Waals surface area contributed by atoms with E-state index in [2.05, 4.69) is 11.9 Å². The zero-order valence-electron chi connectivity index (χ0n) is 4.44. The largest absolute Gasteiger partial charge is 0.301 e. The maximum Gasteiger partial charge on any atom is 0.0273 e. The summed E-state index contributed by atoms with van der Waals surface area (Å²) in [6.07, 6.45) is 4.26. The lowest BCUT2D eigenvalue weighted by Crippen LogP contribution is -1.67. The fourth-order valence-electron chi connectivity index (χ4n) is 0.258. The van der Waals surface area contributed by atoms with Crippen LogP contribution in [0, 0.1) is 0 Å². The molecular formula is C5H11N. The molecule has 0 aliphatic rings. The summed E-state index contributed by atoms with van der Waals surface area (Å²) >= 11 is 0. The summed E-state index contributed by atoms with van der Waals surface area (Å²) in [6.45, 7) is 2.14.